The second-order valence-electron chi connectivity index (χ2n) is 8.30. The monoisotopic (exact) mass is 413 g/mol. The Bertz CT molecular complexity index is 1690. The predicted molar refractivity (Wildman–Crippen MR) is 135 cm³/mol. The van der Waals surface area contributed by atoms with Gasteiger partial charge in [-0.1, -0.05) is 60.7 Å². The lowest BCUT2D eigenvalue weighted by Crippen LogP contribution is -1.98. The summed E-state index contributed by atoms with van der Waals surface area (Å²) in [6.07, 6.45) is 8.88. The van der Waals surface area contributed by atoms with Crippen molar-refractivity contribution >= 4 is 59.1 Å². The highest BCUT2D eigenvalue weighted by Gasteiger charge is 2.16. The molecule has 0 saturated heterocycles. The summed E-state index contributed by atoms with van der Waals surface area (Å²) in [7, 11) is 0. The van der Waals surface area contributed by atoms with Crippen LogP contribution >= 0.6 is 11.3 Å². The molecule has 146 valence electrons. The van der Waals surface area contributed by atoms with Crippen molar-refractivity contribution in [2.24, 2.45) is 0 Å². The third-order valence-corrected chi connectivity index (χ3v) is 7.73. The van der Waals surface area contributed by atoms with Crippen molar-refractivity contribution in [1.82, 2.24) is 4.98 Å². The van der Waals surface area contributed by atoms with Crippen LogP contribution in [0.4, 0.5) is 0 Å². The van der Waals surface area contributed by atoms with E-state index in [1.165, 1.54) is 58.4 Å². The highest BCUT2D eigenvalue weighted by molar-refractivity contribution is 7.25. The lowest BCUT2D eigenvalue weighted by atomic mass is 9.87. The summed E-state index contributed by atoms with van der Waals surface area (Å²) in [4.78, 5) is 4.94. The van der Waals surface area contributed by atoms with Gasteiger partial charge in [-0.15, -0.1) is 11.3 Å². The van der Waals surface area contributed by atoms with E-state index in [0.29, 0.717) is 0 Å². The molecule has 0 aliphatic heterocycles. The molecule has 0 amide bonds. The Morgan fingerprint density at radius 2 is 1.48 bits per heavy atom. The molecule has 4 aromatic carbocycles. The van der Waals surface area contributed by atoms with E-state index in [1.54, 1.807) is 0 Å². The summed E-state index contributed by atoms with van der Waals surface area (Å²) < 4.78 is 2.67. The molecule has 7 rings (SSSR count). The highest BCUT2D eigenvalue weighted by Crippen LogP contribution is 2.39. The van der Waals surface area contributed by atoms with Crippen LogP contribution in [0.5, 0.6) is 0 Å². The molecule has 0 radical (unpaired) electrons. The quantitative estimate of drug-likeness (QED) is 0.247. The molecule has 0 atom stereocenters. The molecule has 1 aliphatic rings. The number of nitrogens with zero attached hydrogens (tertiary/aromatic N) is 1. The Hall–Kier alpha value is -3.49. The summed E-state index contributed by atoms with van der Waals surface area (Å²) in [5.41, 5.74) is 5.03. The average Bonchev–Trinajstić information content (AvgIpc) is 3.22. The molecular formula is C29H19NS. The molecule has 0 bridgehead atoms. The fraction of sp³-hybridized carbons (Fsp3) is 0.0690. The number of hydrogen-bond donors (Lipinski definition) is 0. The zero-order valence-electron chi connectivity index (χ0n) is 16.9. The molecule has 2 heterocycles. The summed E-state index contributed by atoms with van der Waals surface area (Å²) in [6.45, 7) is 0. The fourth-order valence-corrected chi connectivity index (χ4v) is 6.20. The van der Waals surface area contributed by atoms with Crippen LogP contribution in [-0.4, -0.2) is 4.98 Å². The largest absolute Gasteiger partial charge is 0.256 e. The zero-order chi connectivity index (χ0) is 20.4. The van der Waals surface area contributed by atoms with E-state index in [9.17, 15) is 0 Å². The van der Waals surface area contributed by atoms with E-state index >= 15 is 0 Å². The first-order valence-electron chi connectivity index (χ1n) is 10.8. The van der Waals surface area contributed by atoms with Crippen molar-refractivity contribution in [1.29, 1.82) is 0 Å². The molecule has 0 N–H and O–H groups in total. The maximum atomic E-state index is 4.94. The number of aryl methyl sites for hydroxylation is 1. The third kappa shape index (κ3) is 2.52. The third-order valence-electron chi connectivity index (χ3n) is 6.58. The molecule has 2 heteroatoms. The lowest BCUT2D eigenvalue weighted by molar-refractivity contribution is 0.999. The smallest absolute Gasteiger partial charge is 0.0708 e. The van der Waals surface area contributed by atoms with E-state index in [2.05, 4.69) is 91.1 Å². The van der Waals surface area contributed by atoms with E-state index in [-0.39, 0.29) is 0 Å². The molecule has 6 aromatic rings. The van der Waals surface area contributed by atoms with Crippen LogP contribution in [0.25, 0.3) is 59.1 Å². The maximum absolute atomic E-state index is 4.94. The minimum absolute atomic E-state index is 1.04. The van der Waals surface area contributed by atoms with Gasteiger partial charge in [-0.3, -0.25) is 4.98 Å². The van der Waals surface area contributed by atoms with E-state index in [1.807, 2.05) is 11.3 Å². The molecule has 1 aliphatic carbocycles. The molecule has 31 heavy (non-hydrogen) atoms. The standard InChI is InChI=1S/C29H19NS/c1-3-9-21-19(7-1)20-8-2-4-10-22(20)26-17-30-27(16-24(21)26)18-13-14-29-25(15-18)23-11-5-6-12-28(23)31-29/h1-3,5-9,11-17H,4,10H2. The number of thiophene rings is 1. The first-order valence-corrected chi connectivity index (χ1v) is 11.6. The van der Waals surface area contributed by atoms with Gasteiger partial charge in [0.05, 0.1) is 5.69 Å². The SMILES string of the molecule is C1=Cc2c(c3cnc(-c4ccc5sc6ccccc6c5c4)cc3c3ccccc23)CC1. The first-order chi connectivity index (χ1) is 15.4. The van der Waals surface area contributed by atoms with Gasteiger partial charge < -0.3 is 0 Å². The lowest BCUT2D eigenvalue weighted by Gasteiger charge is -2.18. The fourth-order valence-electron chi connectivity index (χ4n) is 5.11. The van der Waals surface area contributed by atoms with Gasteiger partial charge >= 0.3 is 0 Å². The van der Waals surface area contributed by atoms with Crippen molar-refractivity contribution in [3.05, 3.63) is 96.2 Å². The Labute approximate surface area is 184 Å². The van der Waals surface area contributed by atoms with Crippen molar-refractivity contribution in [2.75, 3.05) is 0 Å². The van der Waals surface area contributed by atoms with Crippen LogP contribution < -0.4 is 0 Å². The Kier molecular flexibility index (Phi) is 3.61. The molecule has 0 spiro atoms. The van der Waals surface area contributed by atoms with Gasteiger partial charge in [-0.2, -0.15) is 0 Å². The number of pyridine rings is 1. The minimum atomic E-state index is 1.04. The van der Waals surface area contributed by atoms with Gasteiger partial charge in [-0.25, -0.2) is 0 Å². The molecule has 0 saturated carbocycles. The molecule has 0 fully saturated rings. The van der Waals surface area contributed by atoms with Crippen molar-refractivity contribution in [3.8, 4) is 11.3 Å². The van der Waals surface area contributed by atoms with Crippen LogP contribution in [0.15, 0.2) is 85.1 Å². The summed E-state index contributed by atoms with van der Waals surface area (Å²) >= 11 is 1.86. The van der Waals surface area contributed by atoms with E-state index < -0.39 is 0 Å². The van der Waals surface area contributed by atoms with Crippen LogP contribution in [0, 0.1) is 0 Å². The number of fused-ring (bicyclic) bond motifs is 9. The number of hydrogen-bond acceptors (Lipinski definition) is 2. The van der Waals surface area contributed by atoms with E-state index in [0.717, 1.165) is 18.5 Å². The maximum Gasteiger partial charge on any atom is 0.0708 e. The van der Waals surface area contributed by atoms with Gasteiger partial charge in [0.25, 0.3) is 0 Å². The number of rotatable bonds is 1. The Balaban J connectivity index is 1.51. The number of allylic oxidation sites excluding steroid dienone is 1. The number of benzene rings is 4. The van der Waals surface area contributed by atoms with Gasteiger partial charge in [0.2, 0.25) is 0 Å². The molecule has 1 nitrogen and oxygen atoms in total. The highest BCUT2D eigenvalue weighted by atomic mass is 32.1. The van der Waals surface area contributed by atoms with E-state index in [4.69, 9.17) is 4.98 Å². The number of aromatic nitrogens is 1. The van der Waals surface area contributed by atoms with Crippen LogP contribution in [0.1, 0.15) is 17.5 Å². The summed E-state index contributed by atoms with van der Waals surface area (Å²) in [5, 5.41) is 7.91. The van der Waals surface area contributed by atoms with Gasteiger partial charge in [0, 0.05) is 37.3 Å². The first kappa shape index (κ1) is 17.2. The van der Waals surface area contributed by atoms with Crippen molar-refractivity contribution in [3.63, 3.8) is 0 Å². The van der Waals surface area contributed by atoms with Crippen molar-refractivity contribution < 1.29 is 0 Å². The molecule has 0 unspecified atom stereocenters. The Morgan fingerprint density at radius 1 is 0.677 bits per heavy atom. The summed E-state index contributed by atoms with van der Waals surface area (Å²) in [5.74, 6) is 0. The van der Waals surface area contributed by atoms with Crippen LogP contribution in [-0.2, 0) is 6.42 Å². The Morgan fingerprint density at radius 3 is 2.42 bits per heavy atom. The second kappa shape index (κ2) is 6.50. The van der Waals surface area contributed by atoms with Gasteiger partial charge in [0.1, 0.15) is 0 Å². The topological polar surface area (TPSA) is 12.9 Å². The second-order valence-corrected chi connectivity index (χ2v) is 9.39. The van der Waals surface area contributed by atoms with Crippen molar-refractivity contribution in [2.45, 2.75) is 12.8 Å². The van der Waals surface area contributed by atoms with Gasteiger partial charge in [0.15, 0.2) is 0 Å². The molecular weight excluding hydrogens is 394 g/mol. The average molecular weight is 414 g/mol. The predicted octanol–water partition coefficient (Wildman–Crippen LogP) is 8.38. The summed E-state index contributed by atoms with van der Waals surface area (Å²) in [6, 6.07) is 26.5. The minimum Gasteiger partial charge on any atom is -0.256 e. The van der Waals surface area contributed by atoms with Crippen LogP contribution in [0.3, 0.4) is 0 Å². The zero-order valence-corrected chi connectivity index (χ0v) is 17.7. The van der Waals surface area contributed by atoms with Gasteiger partial charge in [-0.05, 0) is 64.4 Å². The normalized spacial score (nSPS) is 13.4. The van der Waals surface area contributed by atoms with Crippen LogP contribution in [0.2, 0.25) is 0 Å². The molecule has 2 aromatic heterocycles.